The van der Waals surface area contributed by atoms with Crippen LogP contribution in [0.4, 0.5) is 4.79 Å². The van der Waals surface area contributed by atoms with Gasteiger partial charge in [0.1, 0.15) is 6.04 Å². The van der Waals surface area contributed by atoms with Gasteiger partial charge in [-0.3, -0.25) is 0 Å². The Balaban J connectivity index is 3.90. The minimum Gasteiger partial charge on any atom is -0.480 e. The molecule has 0 saturated heterocycles. The molecule has 1 atom stereocenters. The topological polar surface area (TPSA) is 69.6 Å². The first-order valence-corrected chi connectivity index (χ1v) is 6.63. The lowest BCUT2D eigenvalue weighted by Gasteiger charge is -2.24. The van der Waals surface area contributed by atoms with Gasteiger partial charge < -0.3 is 15.3 Å². The number of aliphatic carboxylic acids is 1. The minimum atomic E-state index is -0.963. The average Bonchev–Trinajstić information content (AvgIpc) is 2.28. The first kappa shape index (κ1) is 16.7. The van der Waals surface area contributed by atoms with E-state index in [9.17, 15) is 9.59 Å². The van der Waals surface area contributed by atoms with Crippen LogP contribution in [0.15, 0.2) is 0 Å². The quantitative estimate of drug-likeness (QED) is 0.656. The predicted molar refractivity (Wildman–Crippen MR) is 71.6 cm³/mol. The normalized spacial score (nSPS) is 12.3. The standard InChI is InChI=1S/C13H26N2O3/c1-5-11(12(16)17)15(4)13(18)14-9-7-6-8-10(2)3/h10-11H,5-9H2,1-4H3,(H,14,18)(H,16,17). The Morgan fingerprint density at radius 2 is 1.89 bits per heavy atom. The van der Waals surface area contributed by atoms with Gasteiger partial charge in [0.25, 0.3) is 0 Å². The van der Waals surface area contributed by atoms with Gasteiger partial charge in [0.05, 0.1) is 0 Å². The maximum absolute atomic E-state index is 11.7. The summed E-state index contributed by atoms with van der Waals surface area (Å²) in [6.07, 6.45) is 3.57. The maximum atomic E-state index is 11.7. The highest BCUT2D eigenvalue weighted by atomic mass is 16.4. The fourth-order valence-electron chi connectivity index (χ4n) is 1.75. The van der Waals surface area contributed by atoms with Gasteiger partial charge in [-0.05, 0) is 18.8 Å². The third-order valence-corrected chi connectivity index (χ3v) is 2.94. The molecule has 0 aliphatic rings. The van der Waals surface area contributed by atoms with Crippen LogP contribution in [0.25, 0.3) is 0 Å². The lowest BCUT2D eigenvalue weighted by Crippen LogP contribution is -2.47. The highest BCUT2D eigenvalue weighted by Gasteiger charge is 2.24. The van der Waals surface area contributed by atoms with E-state index in [4.69, 9.17) is 5.11 Å². The van der Waals surface area contributed by atoms with Crippen LogP contribution in [-0.2, 0) is 4.79 Å². The molecule has 0 aromatic carbocycles. The SMILES string of the molecule is CCC(C(=O)O)N(C)C(=O)NCCCCC(C)C. The zero-order valence-electron chi connectivity index (χ0n) is 11.9. The molecule has 106 valence electrons. The molecule has 2 N–H and O–H groups in total. The number of hydrogen-bond donors (Lipinski definition) is 2. The van der Waals surface area contributed by atoms with Crippen molar-refractivity contribution in [2.75, 3.05) is 13.6 Å². The summed E-state index contributed by atoms with van der Waals surface area (Å²) < 4.78 is 0. The third-order valence-electron chi connectivity index (χ3n) is 2.94. The van der Waals surface area contributed by atoms with Crippen LogP contribution in [0.2, 0.25) is 0 Å². The zero-order chi connectivity index (χ0) is 14.1. The number of carboxylic acids is 1. The number of rotatable bonds is 8. The first-order chi connectivity index (χ1) is 8.40. The fraction of sp³-hybridized carbons (Fsp3) is 0.846. The second-order valence-electron chi connectivity index (χ2n) is 4.99. The summed E-state index contributed by atoms with van der Waals surface area (Å²) >= 11 is 0. The fourth-order valence-corrected chi connectivity index (χ4v) is 1.75. The van der Waals surface area contributed by atoms with Gasteiger partial charge in [-0.25, -0.2) is 9.59 Å². The Bertz CT molecular complexity index is 267. The number of nitrogens with one attached hydrogen (secondary N) is 1. The number of urea groups is 1. The van der Waals surface area contributed by atoms with Crippen molar-refractivity contribution in [2.45, 2.75) is 52.5 Å². The highest BCUT2D eigenvalue weighted by Crippen LogP contribution is 2.06. The van der Waals surface area contributed by atoms with Crippen molar-refractivity contribution in [1.82, 2.24) is 10.2 Å². The van der Waals surface area contributed by atoms with Crippen molar-refractivity contribution >= 4 is 12.0 Å². The molecule has 0 aliphatic heterocycles. The van der Waals surface area contributed by atoms with Crippen molar-refractivity contribution in [3.05, 3.63) is 0 Å². The highest BCUT2D eigenvalue weighted by molar-refractivity contribution is 5.82. The van der Waals surface area contributed by atoms with Crippen LogP contribution in [0.1, 0.15) is 46.5 Å². The number of nitrogens with zero attached hydrogens (tertiary/aromatic N) is 1. The van der Waals surface area contributed by atoms with Crippen molar-refractivity contribution in [2.24, 2.45) is 5.92 Å². The smallest absolute Gasteiger partial charge is 0.326 e. The van der Waals surface area contributed by atoms with Crippen molar-refractivity contribution in [1.29, 1.82) is 0 Å². The molecule has 0 saturated carbocycles. The molecule has 0 aliphatic carbocycles. The molecule has 5 heteroatoms. The number of unbranched alkanes of at least 4 members (excludes halogenated alkanes) is 1. The van der Waals surface area contributed by atoms with Crippen LogP contribution in [0.5, 0.6) is 0 Å². The Kier molecular flexibility index (Phi) is 8.16. The molecule has 0 bridgehead atoms. The van der Waals surface area contributed by atoms with Crippen molar-refractivity contribution in [3.8, 4) is 0 Å². The Morgan fingerprint density at radius 1 is 1.28 bits per heavy atom. The van der Waals surface area contributed by atoms with E-state index in [1.165, 1.54) is 11.9 Å². The molecule has 2 amide bonds. The van der Waals surface area contributed by atoms with Gasteiger partial charge in [0.15, 0.2) is 0 Å². The van der Waals surface area contributed by atoms with E-state index in [2.05, 4.69) is 19.2 Å². The number of likely N-dealkylation sites (N-methyl/N-ethyl adjacent to an activating group) is 1. The second kappa shape index (κ2) is 8.78. The Hall–Kier alpha value is -1.26. The molecule has 1 unspecified atom stereocenters. The lowest BCUT2D eigenvalue weighted by atomic mass is 10.1. The van der Waals surface area contributed by atoms with E-state index < -0.39 is 12.0 Å². The van der Waals surface area contributed by atoms with Crippen molar-refractivity contribution in [3.63, 3.8) is 0 Å². The summed E-state index contributed by atoms with van der Waals surface area (Å²) in [7, 11) is 1.52. The van der Waals surface area contributed by atoms with E-state index >= 15 is 0 Å². The third kappa shape index (κ3) is 6.47. The second-order valence-corrected chi connectivity index (χ2v) is 4.99. The van der Waals surface area contributed by atoms with Crippen LogP contribution >= 0.6 is 0 Å². The largest absolute Gasteiger partial charge is 0.480 e. The zero-order valence-corrected chi connectivity index (χ0v) is 11.9. The molecule has 5 nitrogen and oxygen atoms in total. The van der Waals surface area contributed by atoms with E-state index in [-0.39, 0.29) is 6.03 Å². The molecule has 0 fully saturated rings. The van der Waals surface area contributed by atoms with E-state index in [0.29, 0.717) is 18.9 Å². The summed E-state index contributed by atoms with van der Waals surface area (Å²) in [6, 6.07) is -1.06. The number of carbonyl (C=O) groups excluding carboxylic acids is 1. The number of carboxylic acid groups (broad SMARTS) is 1. The van der Waals surface area contributed by atoms with E-state index in [0.717, 1.165) is 19.3 Å². The minimum absolute atomic E-state index is 0.311. The first-order valence-electron chi connectivity index (χ1n) is 6.63. The summed E-state index contributed by atoms with van der Waals surface area (Å²) in [6.45, 7) is 6.70. The summed E-state index contributed by atoms with van der Waals surface area (Å²) in [5, 5.41) is 11.7. The van der Waals surface area contributed by atoms with Gasteiger partial charge in [-0.2, -0.15) is 0 Å². The van der Waals surface area contributed by atoms with Crippen molar-refractivity contribution < 1.29 is 14.7 Å². The van der Waals surface area contributed by atoms with Gasteiger partial charge >= 0.3 is 12.0 Å². The van der Waals surface area contributed by atoms with Gasteiger partial charge in [-0.15, -0.1) is 0 Å². The molecule has 0 radical (unpaired) electrons. The average molecular weight is 258 g/mol. The van der Waals surface area contributed by atoms with Gasteiger partial charge in [-0.1, -0.05) is 33.6 Å². The van der Waals surface area contributed by atoms with Gasteiger partial charge in [0.2, 0.25) is 0 Å². The molecule has 0 rings (SSSR count). The number of amides is 2. The summed E-state index contributed by atoms with van der Waals surface area (Å²) in [4.78, 5) is 23.9. The molecule has 0 aromatic rings. The monoisotopic (exact) mass is 258 g/mol. The molecule has 0 aromatic heterocycles. The predicted octanol–water partition coefficient (Wildman–Crippen LogP) is 2.32. The number of hydrogen-bond acceptors (Lipinski definition) is 2. The van der Waals surface area contributed by atoms with E-state index in [1.54, 1.807) is 6.92 Å². The van der Waals surface area contributed by atoms with Crippen LogP contribution < -0.4 is 5.32 Å². The summed E-state index contributed by atoms with van der Waals surface area (Å²) in [5.74, 6) is -0.283. The Morgan fingerprint density at radius 3 is 2.33 bits per heavy atom. The van der Waals surface area contributed by atoms with Crippen LogP contribution in [0, 0.1) is 5.92 Å². The van der Waals surface area contributed by atoms with Gasteiger partial charge in [0, 0.05) is 13.6 Å². The Labute approximate surface area is 110 Å². The molecular weight excluding hydrogens is 232 g/mol. The molecule has 0 spiro atoms. The molecular formula is C13H26N2O3. The summed E-state index contributed by atoms with van der Waals surface area (Å²) in [5.41, 5.74) is 0. The maximum Gasteiger partial charge on any atom is 0.326 e. The lowest BCUT2D eigenvalue weighted by molar-refractivity contribution is -0.141. The molecule has 0 heterocycles. The van der Waals surface area contributed by atoms with Crippen LogP contribution in [0.3, 0.4) is 0 Å². The molecule has 18 heavy (non-hydrogen) atoms. The van der Waals surface area contributed by atoms with Crippen LogP contribution in [-0.4, -0.2) is 41.6 Å². The number of carbonyl (C=O) groups is 2. The van der Waals surface area contributed by atoms with E-state index in [1.807, 2.05) is 0 Å².